The highest BCUT2D eigenvalue weighted by atomic mass is 32.1. The first-order valence-corrected chi connectivity index (χ1v) is 8.82. The first-order valence-electron chi connectivity index (χ1n) is 8.19. The minimum absolute atomic E-state index is 0.0621. The van der Waals surface area contributed by atoms with Gasteiger partial charge in [0.2, 0.25) is 0 Å². The summed E-state index contributed by atoms with van der Waals surface area (Å²) in [6.07, 6.45) is 4.54. The second kappa shape index (κ2) is 8.68. The Hall–Kier alpha value is -2.87. The van der Waals surface area contributed by atoms with Crippen LogP contribution >= 0.6 is 12.6 Å². The molecule has 0 spiro atoms. The highest BCUT2D eigenvalue weighted by Crippen LogP contribution is 2.34. The highest BCUT2D eigenvalue weighted by Gasteiger charge is 2.59. The molecule has 0 aromatic heterocycles. The largest absolute Gasteiger partial charge is 0.392 e. The number of nitrogens with zero attached hydrogens (tertiary/aromatic N) is 3. The summed E-state index contributed by atoms with van der Waals surface area (Å²) in [4.78, 5) is 45.3. The number of rotatable bonds is 9. The summed E-state index contributed by atoms with van der Waals surface area (Å²) in [5.74, 6) is -1.17. The molecule has 1 aromatic rings. The monoisotopic (exact) mass is 387 g/mol. The number of carbonyl (C=O) groups excluding carboxylic acids is 3. The van der Waals surface area contributed by atoms with Crippen molar-refractivity contribution in [3.8, 4) is 0 Å². The third-order valence-corrected chi connectivity index (χ3v) is 4.64. The van der Waals surface area contributed by atoms with E-state index in [0.29, 0.717) is 12.3 Å². The topological polar surface area (TPSA) is 79.3 Å². The van der Waals surface area contributed by atoms with Crippen molar-refractivity contribution in [2.45, 2.75) is 12.5 Å². The van der Waals surface area contributed by atoms with Crippen molar-refractivity contribution in [3.63, 3.8) is 0 Å². The third kappa shape index (κ3) is 3.66. The molecular formula is C19H21N3O4S. The van der Waals surface area contributed by atoms with E-state index in [2.05, 4.69) is 30.9 Å². The number of amides is 3. The Balaban J connectivity index is 2.35. The van der Waals surface area contributed by atoms with Gasteiger partial charge in [0, 0.05) is 12.3 Å². The zero-order valence-electron chi connectivity index (χ0n) is 15.0. The van der Waals surface area contributed by atoms with Crippen LogP contribution in [0.15, 0.2) is 54.7 Å². The number of anilines is 1. The van der Waals surface area contributed by atoms with Gasteiger partial charge in [0.1, 0.15) is 6.61 Å². The smallest absolute Gasteiger partial charge is 0.333 e. The van der Waals surface area contributed by atoms with Crippen molar-refractivity contribution in [1.29, 1.82) is 0 Å². The standard InChI is InChI=1S/C19H21N3O4S/c1-4-10-21-18(25)22(17(24)19(21,13-27)14(3)23)16-8-6-15(7-9-16)12-20-26-11-5-2/h4-9,12,27H,1-2,10-11,13H2,3H3. The third-order valence-electron chi connectivity index (χ3n) is 4.18. The lowest BCUT2D eigenvalue weighted by Crippen LogP contribution is -2.56. The van der Waals surface area contributed by atoms with E-state index in [1.165, 1.54) is 24.1 Å². The Morgan fingerprint density at radius 1 is 1.26 bits per heavy atom. The first kappa shape index (κ1) is 20.4. The first-order chi connectivity index (χ1) is 12.9. The Morgan fingerprint density at radius 2 is 1.93 bits per heavy atom. The van der Waals surface area contributed by atoms with Crippen LogP contribution in [0.3, 0.4) is 0 Å². The van der Waals surface area contributed by atoms with E-state index in [1.807, 2.05) is 0 Å². The normalized spacial score (nSPS) is 19.6. The zero-order valence-corrected chi connectivity index (χ0v) is 15.9. The van der Waals surface area contributed by atoms with Gasteiger partial charge in [0.15, 0.2) is 11.3 Å². The van der Waals surface area contributed by atoms with Crippen molar-refractivity contribution in [3.05, 3.63) is 55.1 Å². The van der Waals surface area contributed by atoms with Crippen LogP contribution in [0.4, 0.5) is 10.5 Å². The van der Waals surface area contributed by atoms with Crippen molar-refractivity contribution in [1.82, 2.24) is 4.90 Å². The highest BCUT2D eigenvalue weighted by molar-refractivity contribution is 7.80. The molecule has 1 atom stereocenters. The fourth-order valence-corrected chi connectivity index (χ4v) is 3.30. The Bertz CT molecular complexity index is 791. The van der Waals surface area contributed by atoms with Gasteiger partial charge >= 0.3 is 6.03 Å². The summed E-state index contributed by atoms with van der Waals surface area (Å²) in [6.45, 7) is 8.76. The number of thiol groups is 1. The van der Waals surface area contributed by atoms with Crippen LogP contribution in [-0.4, -0.2) is 53.3 Å². The molecule has 27 heavy (non-hydrogen) atoms. The quantitative estimate of drug-likeness (QED) is 0.134. The summed E-state index contributed by atoms with van der Waals surface area (Å²) < 4.78 is 0. The molecule has 1 saturated heterocycles. The van der Waals surface area contributed by atoms with Crippen molar-refractivity contribution < 1.29 is 19.2 Å². The van der Waals surface area contributed by atoms with E-state index in [9.17, 15) is 14.4 Å². The lowest BCUT2D eigenvalue weighted by molar-refractivity contribution is -0.135. The van der Waals surface area contributed by atoms with Crippen LogP contribution in [0.25, 0.3) is 0 Å². The van der Waals surface area contributed by atoms with Gasteiger partial charge in [-0.05, 0) is 24.6 Å². The van der Waals surface area contributed by atoms with Gasteiger partial charge in [-0.3, -0.25) is 14.5 Å². The number of hydrogen-bond acceptors (Lipinski definition) is 6. The Kier molecular flexibility index (Phi) is 6.57. The molecule has 3 amide bonds. The van der Waals surface area contributed by atoms with Gasteiger partial charge in [-0.2, -0.15) is 12.6 Å². The van der Waals surface area contributed by atoms with Gasteiger partial charge in [0.05, 0.1) is 11.9 Å². The van der Waals surface area contributed by atoms with Crippen molar-refractivity contribution in [2.75, 3.05) is 23.8 Å². The van der Waals surface area contributed by atoms with Crippen LogP contribution in [0.5, 0.6) is 0 Å². The lowest BCUT2D eigenvalue weighted by atomic mass is 9.95. The minimum atomic E-state index is -1.63. The van der Waals surface area contributed by atoms with Crippen LogP contribution < -0.4 is 4.90 Å². The molecule has 0 N–H and O–H groups in total. The number of Topliss-reactive ketones (excluding diaryl/α,β-unsaturated/α-hetero) is 1. The SMILES string of the molecule is C=CCON=Cc1ccc(N2C(=O)N(CC=C)C(CS)(C(C)=O)C2=O)cc1. The molecule has 1 aliphatic heterocycles. The fraction of sp³-hybridized carbons (Fsp3) is 0.263. The van der Waals surface area contributed by atoms with Crippen LogP contribution in [0, 0.1) is 0 Å². The maximum atomic E-state index is 13.0. The molecule has 1 aromatic carbocycles. The summed E-state index contributed by atoms with van der Waals surface area (Å²) in [5.41, 5.74) is -0.558. The molecule has 1 heterocycles. The van der Waals surface area contributed by atoms with Gasteiger partial charge in [0.25, 0.3) is 5.91 Å². The zero-order chi connectivity index (χ0) is 20.0. The van der Waals surface area contributed by atoms with Gasteiger partial charge in [-0.15, -0.1) is 6.58 Å². The number of urea groups is 1. The average molecular weight is 387 g/mol. The molecule has 0 aliphatic carbocycles. The molecule has 0 saturated carbocycles. The second-order valence-electron chi connectivity index (χ2n) is 5.81. The van der Waals surface area contributed by atoms with Crippen LogP contribution in [0.2, 0.25) is 0 Å². The number of benzene rings is 1. The van der Waals surface area contributed by atoms with E-state index in [-0.39, 0.29) is 12.3 Å². The van der Waals surface area contributed by atoms with E-state index < -0.39 is 23.3 Å². The number of hydrogen-bond donors (Lipinski definition) is 1. The predicted molar refractivity (Wildman–Crippen MR) is 107 cm³/mol. The van der Waals surface area contributed by atoms with E-state index >= 15 is 0 Å². The molecule has 0 bridgehead atoms. The lowest BCUT2D eigenvalue weighted by Gasteiger charge is -2.30. The number of ketones is 1. The van der Waals surface area contributed by atoms with Gasteiger partial charge < -0.3 is 4.84 Å². The molecule has 1 unspecified atom stereocenters. The van der Waals surface area contributed by atoms with Crippen molar-refractivity contribution >= 4 is 42.3 Å². The van der Waals surface area contributed by atoms with Gasteiger partial charge in [-0.25, -0.2) is 9.69 Å². The molecule has 1 aliphatic rings. The second-order valence-corrected chi connectivity index (χ2v) is 6.12. The van der Waals surface area contributed by atoms with Gasteiger partial charge in [-0.1, -0.05) is 36.0 Å². The molecule has 142 valence electrons. The number of carbonyl (C=O) groups is 3. The van der Waals surface area contributed by atoms with E-state index in [0.717, 1.165) is 10.5 Å². The molecule has 8 heteroatoms. The van der Waals surface area contributed by atoms with Crippen LogP contribution in [-0.2, 0) is 14.4 Å². The van der Waals surface area contributed by atoms with E-state index in [4.69, 9.17) is 4.84 Å². The summed E-state index contributed by atoms with van der Waals surface area (Å²) in [5, 5.41) is 3.77. The fourth-order valence-electron chi connectivity index (χ4n) is 2.77. The molecule has 7 nitrogen and oxygen atoms in total. The summed E-state index contributed by atoms with van der Waals surface area (Å²) in [7, 11) is 0. The summed E-state index contributed by atoms with van der Waals surface area (Å²) >= 11 is 4.18. The molecule has 0 radical (unpaired) electrons. The maximum absolute atomic E-state index is 13.0. The number of imide groups is 1. The number of oxime groups is 1. The molecule has 2 rings (SSSR count). The van der Waals surface area contributed by atoms with Crippen molar-refractivity contribution in [2.24, 2.45) is 5.16 Å². The predicted octanol–water partition coefficient (Wildman–Crippen LogP) is 2.44. The Morgan fingerprint density at radius 3 is 2.44 bits per heavy atom. The maximum Gasteiger partial charge on any atom is 0.333 e. The van der Waals surface area contributed by atoms with Crippen LogP contribution in [0.1, 0.15) is 12.5 Å². The minimum Gasteiger partial charge on any atom is -0.392 e. The van der Waals surface area contributed by atoms with E-state index in [1.54, 1.807) is 30.3 Å². The summed E-state index contributed by atoms with van der Waals surface area (Å²) in [6, 6.07) is 5.99. The Labute approximate surface area is 163 Å². The molecular weight excluding hydrogens is 366 g/mol. The average Bonchev–Trinajstić information content (AvgIpc) is 2.87. The molecule has 1 fully saturated rings.